The molecule has 0 unspecified atom stereocenters. The van der Waals surface area contributed by atoms with Crippen LogP contribution in [0.1, 0.15) is 35.7 Å². The fraction of sp³-hybridized carbons (Fsp3) is 0.500. The molecule has 3 heteroatoms. The first-order valence-electron chi connectivity index (χ1n) is 6.14. The first kappa shape index (κ1) is 13.7. The van der Waals surface area contributed by atoms with Gasteiger partial charge in [-0.15, -0.1) is 0 Å². The Labute approximate surface area is 103 Å². The van der Waals surface area contributed by atoms with E-state index in [0.29, 0.717) is 6.54 Å². The third-order valence-electron chi connectivity index (χ3n) is 2.90. The third kappa shape index (κ3) is 3.86. The Morgan fingerprint density at radius 3 is 2.65 bits per heavy atom. The number of carbonyl (C=O) groups excluding carboxylic acids is 1. The highest BCUT2D eigenvalue weighted by molar-refractivity contribution is 5.78. The molecule has 0 fully saturated rings. The van der Waals surface area contributed by atoms with E-state index in [1.807, 2.05) is 25.1 Å². The number of benzene rings is 1. The van der Waals surface area contributed by atoms with Gasteiger partial charge in [0, 0.05) is 24.3 Å². The SMILES string of the molecule is CCCCN(CCO)c1ccc(C=O)c(C)c1. The fourth-order valence-corrected chi connectivity index (χ4v) is 1.83. The number of aliphatic hydroxyl groups is 1. The second kappa shape index (κ2) is 7.07. The minimum absolute atomic E-state index is 0.151. The number of anilines is 1. The van der Waals surface area contributed by atoms with Crippen molar-refractivity contribution in [2.75, 3.05) is 24.6 Å². The first-order valence-corrected chi connectivity index (χ1v) is 6.14. The average Bonchev–Trinajstić information content (AvgIpc) is 2.34. The van der Waals surface area contributed by atoms with E-state index in [4.69, 9.17) is 5.11 Å². The second-order valence-corrected chi connectivity index (χ2v) is 4.22. The second-order valence-electron chi connectivity index (χ2n) is 4.22. The van der Waals surface area contributed by atoms with E-state index in [0.717, 1.165) is 42.5 Å². The Morgan fingerprint density at radius 1 is 1.35 bits per heavy atom. The number of carbonyl (C=O) groups is 1. The van der Waals surface area contributed by atoms with E-state index in [2.05, 4.69) is 11.8 Å². The van der Waals surface area contributed by atoms with Gasteiger partial charge in [-0.3, -0.25) is 4.79 Å². The standard InChI is InChI=1S/C14H21NO2/c1-3-4-7-15(8-9-16)14-6-5-13(11-17)12(2)10-14/h5-6,10-11,16H,3-4,7-9H2,1-2H3. The number of rotatable bonds is 7. The van der Waals surface area contributed by atoms with Crippen LogP contribution in [0.3, 0.4) is 0 Å². The van der Waals surface area contributed by atoms with Crippen molar-refractivity contribution < 1.29 is 9.90 Å². The number of aliphatic hydroxyl groups excluding tert-OH is 1. The molecule has 3 nitrogen and oxygen atoms in total. The fourth-order valence-electron chi connectivity index (χ4n) is 1.83. The van der Waals surface area contributed by atoms with E-state index in [1.54, 1.807) is 0 Å². The summed E-state index contributed by atoms with van der Waals surface area (Å²) < 4.78 is 0. The smallest absolute Gasteiger partial charge is 0.150 e. The quantitative estimate of drug-likeness (QED) is 0.738. The van der Waals surface area contributed by atoms with Crippen molar-refractivity contribution >= 4 is 12.0 Å². The lowest BCUT2D eigenvalue weighted by atomic mass is 10.1. The van der Waals surface area contributed by atoms with Crippen molar-refractivity contribution in [1.29, 1.82) is 0 Å². The molecule has 0 aromatic heterocycles. The lowest BCUT2D eigenvalue weighted by molar-refractivity contribution is 0.112. The molecule has 0 heterocycles. The summed E-state index contributed by atoms with van der Waals surface area (Å²) >= 11 is 0. The van der Waals surface area contributed by atoms with Gasteiger partial charge < -0.3 is 10.0 Å². The predicted molar refractivity (Wildman–Crippen MR) is 70.8 cm³/mol. The summed E-state index contributed by atoms with van der Waals surface area (Å²) in [5.74, 6) is 0. The van der Waals surface area contributed by atoms with Crippen LogP contribution in [0.15, 0.2) is 18.2 Å². The van der Waals surface area contributed by atoms with Crippen LogP contribution in [0.5, 0.6) is 0 Å². The highest BCUT2D eigenvalue weighted by Gasteiger charge is 2.07. The van der Waals surface area contributed by atoms with Crippen LogP contribution in [0.25, 0.3) is 0 Å². The van der Waals surface area contributed by atoms with Crippen molar-refractivity contribution in [3.8, 4) is 0 Å². The minimum Gasteiger partial charge on any atom is -0.395 e. The molecule has 0 bridgehead atoms. The first-order chi connectivity index (χ1) is 8.22. The van der Waals surface area contributed by atoms with Gasteiger partial charge in [0.1, 0.15) is 6.29 Å². The Hall–Kier alpha value is -1.35. The summed E-state index contributed by atoms with van der Waals surface area (Å²) in [6.45, 7) is 5.82. The lowest BCUT2D eigenvalue weighted by Gasteiger charge is -2.24. The molecule has 0 saturated carbocycles. The molecule has 94 valence electrons. The molecule has 1 aromatic rings. The van der Waals surface area contributed by atoms with Gasteiger partial charge in [-0.25, -0.2) is 0 Å². The van der Waals surface area contributed by atoms with E-state index in [-0.39, 0.29) is 6.61 Å². The molecular formula is C14H21NO2. The number of unbranched alkanes of at least 4 members (excludes halogenated alkanes) is 1. The molecular weight excluding hydrogens is 214 g/mol. The van der Waals surface area contributed by atoms with Crippen molar-refractivity contribution in [3.05, 3.63) is 29.3 Å². The Morgan fingerprint density at radius 2 is 2.12 bits per heavy atom. The van der Waals surface area contributed by atoms with Crippen LogP contribution in [-0.4, -0.2) is 31.1 Å². The van der Waals surface area contributed by atoms with Crippen molar-refractivity contribution in [3.63, 3.8) is 0 Å². The maximum atomic E-state index is 10.8. The highest BCUT2D eigenvalue weighted by Crippen LogP contribution is 2.18. The molecule has 1 N–H and O–H groups in total. The van der Waals surface area contributed by atoms with Gasteiger partial charge in [-0.05, 0) is 37.1 Å². The van der Waals surface area contributed by atoms with Crippen molar-refractivity contribution in [2.45, 2.75) is 26.7 Å². The Balaban J connectivity index is 2.85. The van der Waals surface area contributed by atoms with Gasteiger partial charge in [0.25, 0.3) is 0 Å². The topological polar surface area (TPSA) is 40.5 Å². The number of hydrogen-bond acceptors (Lipinski definition) is 3. The van der Waals surface area contributed by atoms with Crippen LogP contribution in [0.4, 0.5) is 5.69 Å². The molecule has 0 atom stereocenters. The predicted octanol–water partition coefficient (Wildman–Crippen LogP) is 2.41. The molecule has 17 heavy (non-hydrogen) atoms. The molecule has 0 spiro atoms. The van der Waals surface area contributed by atoms with Crippen LogP contribution in [-0.2, 0) is 0 Å². The summed E-state index contributed by atoms with van der Waals surface area (Å²) in [7, 11) is 0. The summed E-state index contributed by atoms with van der Waals surface area (Å²) in [5.41, 5.74) is 2.79. The summed E-state index contributed by atoms with van der Waals surface area (Å²) in [6, 6.07) is 5.80. The van der Waals surface area contributed by atoms with Crippen LogP contribution in [0, 0.1) is 6.92 Å². The van der Waals surface area contributed by atoms with E-state index in [9.17, 15) is 4.79 Å². The average molecular weight is 235 g/mol. The molecule has 0 aliphatic rings. The van der Waals surface area contributed by atoms with Gasteiger partial charge in [0.2, 0.25) is 0 Å². The molecule has 0 amide bonds. The van der Waals surface area contributed by atoms with E-state index in [1.165, 1.54) is 0 Å². The zero-order chi connectivity index (χ0) is 12.7. The van der Waals surface area contributed by atoms with Crippen LogP contribution in [0.2, 0.25) is 0 Å². The largest absolute Gasteiger partial charge is 0.395 e. The molecule has 1 aromatic carbocycles. The maximum Gasteiger partial charge on any atom is 0.150 e. The lowest BCUT2D eigenvalue weighted by Crippen LogP contribution is -2.27. The molecule has 0 radical (unpaired) electrons. The highest BCUT2D eigenvalue weighted by atomic mass is 16.3. The van der Waals surface area contributed by atoms with Gasteiger partial charge in [-0.1, -0.05) is 13.3 Å². The monoisotopic (exact) mass is 235 g/mol. The Kier molecular flexibility index (Phi) is 5.70. The van der Waals surface area contributed by atoms with Gasteiger partial charge >= 0.3 is 0 Å². The number of aldehydes is 1. The number of nitrogens with zero attached hydrogens (tertiary/aromatic N) is 1. The third-order valence-corrected chi connectivity index (χ3v) is 2.90. The van der Waals surface area contributed by atoms with Gasteiger partial charge in [0.15, 0.2) is 0 Å². The normalized spacial score (nSPS) is 10.3. The van der Waals surface area contributed by atoms with Gasteiger partial charge in [-0.2, -0.15) is 0 Å². The number of hydrogen-bond donors (Lipinski definition) is 1. The minimum atomic E-state index is 0.151. The molecule has 0 saturated heterocycles. The zero-order valence-corrected chi connectivity index (χ0v) is 10.6. The van der Waals surface area contributed by atoms with Crippen LogP contribution >= 0.6 is 0 Å². The van der Waals surface area contributed by atoms with Crippen molar-refractivity contribution in [2.24, 2.45) is 0 Å². The molecule has 0 aliphatic heterocycles. The van der Waals surface area contributed by atoms with E-state index >= 15 is 0 Å². The summed E-state index contributed by atoms with van der Waals surface area (Å²) in [5, 5.41) is 9.07. The van der Waals surface area contributed by atoms with Gasteiger partial charge in [0.05, 0.1) is 6.61 Å². The maximum absolute atomic E-state index is 10.8. The summed E-state index contributed by atoms with van der Waals surface area (Å²) in [6.07, 6.45) is 3.11. The molecule has 0 aliphatic carbocycles. The van der Waals surface area contributed by atoms with Crippen molar-refractivity contribution in [1.82, 2.24) is 0 Å². The zero-order valence-electron chi connectivity index (χ0n) is 10.6. The van der Waals surface area contributed by atoms with E-state index < -0.39 is 0 Å². The van der Waals surface area contributed by atoms with Crippen LogP contribution < -0.4 is 4.90 Å². The Bertz CT molecular complexity index is 363. The summed E-state index contributed by atoms with van der Waals surface area (Å²) in [4.78, 5) is 12.9. The molecule has 1 rings (SSSR count). The number of aryl methyl sites for hydroxylation is 1.